The molecule has 0 saturated carbocycles. The number of nitrogens with two attached hydrogens (primary N) is 1. The maximum atomic E-state index is 8.95. The van der Waals surface area contributed by atoms with Crippen molar-refractivity contribution in [2.24, 2.45) is 5.73 Å². The number of nitrogens with one attached hydrogen (secondary N) is 1. The molecular weight excluding hydrogens is 286 g/mol. The molecule has 1 aromatic rings. The quantitative estimate of drug-likeness (QED) is 0.656. The van der Waals surface area contributed by atoms with Crippen LogP contribution in [0.4, 0.5) is 5.82 Å². The molecule has 0 aliphatic carbocycles. The van der Waals surface area contributed by atoms with Crippen molar-refractivity contribution in [3.8, 4) is 0 Å². The minimum absolute atomic E-state index is 0.375. The van der Waals surface area contributed by atoms with Crippen LogP contribution in [0, 0.1) is 0 Å². The average Bonchev–Trinajstić information content (AvgIpc) is 2.37. The predicted octanol–water partition coefficient (Wildman–Crippen LogP) is 1.87. The van der Waals surface area contributed by atoms with Gasteiger partial charge in [-0.25, -0.2) is 4.98 Å². The van der Waals surface area contributed by atoms with Crippen molar-refractivity contribution in [2.45, 2.75) is 6.92 Å². The first-order valence-corrected chi connectivity index (χ1v) is 5.93. The average molecular weight is 302 g/mol. The summed E-state index contributed by atoms with van der Waals surface area (Å²) in [4.78, 5) is 13.1. The molecule has 94 valence electrons. The Labute approximate surface area is 109 Å². The van der Waals surface area contributed by atoms with Crippen LogP contribution in [0.25, 0.3) is 0 Å². The molecule has 0 aliphatic heterocycles. The van der Waals surface area contributed by atoms with Crippen molar-refractivity contribution < 1.29 is 9.53 Å². The first kappa shape index (κ1) is 15.4. The third kappa shape index (κ3) is 7.35. The van der Waals surface area contributed by atoms with Crippen molar-refractivity contribution in [1.82, 2.24) is 4.98 Å². The van der Waals surface area contributed by atoms with Crippen LogP contribution in [-0.2, 0) is 9.53 Å². The highest BCUT2D eigenvalue weighted by atomic mass is 79.9. The number of hydrogen-bond donors (Lipinski definition) is 2. The lowest BCUT2D eigenvalue weighted by atomic mass is 10.3. The fourth-order valence-corrected chi connectivity index (χ4v) is 1.41. The first-order valence-electron chi connectivity index (χ1n) is 4.81. The highest BCUT2D eigenvalue weighted by Gasteiger charge is 1.98. The van der Waals surface area contributed by atoms with Crippen LogP contribution in [0.3, 0.4) is 0 Å². The molecule has 0 spiro atoms. The van der Waals surface area contributed by atoms with Crippen LogP contribution in [-0.4, -0.2) is 23.9 Å². The van der Waals surface area contributed by atoms with Crippen molar-refractivity contribution >= 4 is 28.2 Å². The van der Waals surface area contributed by atoms with E-state index in [4.69, 9.17) is 10.5 Å². The van der Waals surface area contributed by atoms with Crippen LogP contribution in [0.5, 0.6) is 0 Å². The topological polar surface area (TPSA) is 77.2 Å². The number of carbonyl (C=O) groups excluding carboxylic acids is 1. The van der Waals surface area contributed by atoms with Gasteiger partial charge in [0.2, 0.25) is 0 Å². The van der Waals surface area contributed by atoms with Gasteiger partial charge in [-0.05, 0) is 19.1 Å². The summed E-state index contributed by atoms with van der Waals surface area (Å²) >= 11 is 3.35. The summed E-state index contributed by atoms with van der Waals surface area (Å²) in [7, 11) is 1.31. The van der Waals surface area contributed by atoms with E-state index in [1.807, 2.05) is 25.1 Å². The Morgan fingerprint density at radius 2 is 2.29 bits per heavy atom. The predicted molar refractivity (Wildman–Crippen MR) is 71.6 cm³/mol. The van der Waals surface area contributed by atoms with Crippen molar-refractivity contribution in [3.05, 3.63) is 35.8 Å². The van der Waals surface area contributed by atoms with Crippen molar-refractivity contribution in [1.29, 1.82) is 0 Å². The summed E-state index contributed by atoms with van der Waals surface area (Å²) in [6.45, 7) is 2.23. The number of aromatic nitrogens is 1. The fraction of sp³-hybridized carbons (Fsp3) is 0.273. The summed E-state index contributed by atoms with van der Waals surface area (Å²) in [6.07, 6.45) is 1.74. The molecule has 6 heteroatoms. The molecule has 0 aromatic carbocycles. The third-order valence-corrected chi connectivity index (χ3v) is 2.21. The summed E-state index contributed by atoms with van der Waals surface area (Å²) in [5.41, 5.74) is 7.36. The second-order valence-electron chi connectivity index (χ2n) is 2.97. The van der Waals surface area contributed by atoms with Gasteiger partial charge in [-0.2, -0.15) is 0 Å². The van der Waals surface area contributed by atoms with Gasteiger partial charge in [0.25, 0.3) is 6.47 Å². The van der Waals surface area contributed by atoms with Crippen molar-refractivity contribution in [2.75, 3.05) is 17.8 Å². The van der Waals surface area contributed by atoms with E-state index in [0.29, 0.717) is 11.8 Å². The Morgan fingerprint density at radius 3 is 2.65 bits per heavy atom. The first-order chi connectivity index (χ1) is 8.15. The minimum atomic E-state index is 0.375. The number of rotatable bonds is 4. The van der Waals surface area contributed by atoms with E-state index in [1.165, 1.54) is 7.11 Å². The SMILES string of the molecule is C/C(N)=C(\CBr)Nc1ccccn1.COC=O. The van der Waals surface area contributed by atoms with E-state index in [2.05, 4.69) is 31.0 Å². The van der Waals surface area contributed by atoms with Crippen LogP contribution in [0.15, 0.2) is 35.8 Å². The molecule has 0 fully saturated rings. The second-order valence-corrected chi connectivity index (χ2v) is 3.53. The molecule has 3 N–H and O–H groups in total. The number of allylic oxidation sites excluding steroid dienone is 2. The van der Waals surface area contributed by atoms with Gasteiger partial charge in [0.15, 0.2) is 0 Å². The highest BCUT2D eigenvalue weighted by Crippen LogP contribution is 2.08. The molecule has 0 bridgehead atoms. The summed E-state index contributed by atoms with van der Waals surface area (Å²) in [6, 6.07) is 5.69. The van der Waals surface area contributed by atoms with E-state index in [0.717, 1.165) is 17.2 Å². The van der Waals surface area contributed by atoms with Gasteiger partial charge in [-0.1, -0.05) is 22.0 Å². The molecule has 0 unspecified atom stereocenters. The van der Waals surface area contributed by atoms with Gasteiger partial charge in [-0.3, -0.25) is 4.79 Å². The molecule has 0 amide bonds. The lowest BCUT2D eigenvalue weighted by Crippen LogP contribution is -2.09. The number of hydrogen-bond acceptors (Lipinski definition) is 5. The highest BCUT2D eigenvalue weighted by molar-refractivity contribution is 9.09. The lowest BCUT2D eigenvalue weighted by Gasteiger charge is -2.08. The number of ether oxygens (including phenoxy) is 1. The Bertz CT molecular complexity index is 351. The molecular formula is C11H16BrN3O2. The van der Waals surface area contributed by atoms with E-state index in [-0.39, 0.29) is 0 Å². The van der Waals surface area contributed by atoms with Gasteiger partial charge in [0, 0.05) is 22.9 Å². The zero-order valence-electron chi connectivity index (χ0n) is 9.81. The van der Waals surface area contributed by atoms with E-state index in [1.54, 1.807) is 6.20 Å². The zero-order valence-corrected chi connectivity index (χ0v) is 11.4. The third-order valence-electron chi connectivity index (χ3n) is 1.65. The lowest BCUT2D eigenvalue weighted by molar-refractivity contribution is -0.126. The molecule has 0 radical (unpaired) electrons. The minimum Gasteiger partial charge on any atom is -0.471 e. The standard InChI is InChI=1S/C9H12BrN3.C2H4O2/c1-7(11)8(6-10)13-9-4-2-3-5-12-9;1-4-2-3/h2-5H,6,11H2,1H3,(H,12,13);2H,1H3/b8-7-;. The van der Waals surface area contributed by atoms with Gasteiger partial charge in [0.1, 0.15) is 5.82 Å². The van der Waals surface area contributed by atoms with Gasteiger partial charge >= 0.3 is 0 Å². The van der Waals surface area contributed by atoms with E-state index < -0.39 is 0 Å². The Balaban J connectivity index is 0.000000557. The number of carbonyl (C=O) groups is 1. The molecule has 17 heavy (non-hydrogen) atoms. The molecule has 0 saturated heterocycles. The smallest absolute Gasteiger partial charge is 0.292 e. The Kier molecular flexibility index (Phi) is 8.77. The van der Waals surface area contributed by atoms with Gasteiger partial charge in [0.05, 0.1) is 7.11 Å². The largest absolute Gasteiger partial charge is 0.471 e. The summed E-state index contributed by atoms with van der Waals surface area (Å²) in [5.74, 6) is 0.807. The number of halogens is 1. The number of anilines is 1. The molecule has 1 heterocycles. The van der Waals surface area contributed by atoms with E-state index in [9.17, 15) is 0 Å². The van der Waals surface area contributed by atoms with Crippen LogP contribution in [0.2, 0.25) is 0 Å². The zero-order chi connectivity index (χ0) is 13.1. The monoisotopic (exact) mass is 301 g/mol. The Morgan fingerprint density at radius 1 is 1.65 bits per heavy atom. The fourth-order valence-electron chi connectivity index (χ4n) is 0.829. The number of pyridine rings is 1. The summed E-state index contributed by atoms with van der Waals surface area (Å²) < 4.78 is 3.86. The number of alkyl halides is 1. The molecule has 0 atom stereocenters. The van der Waals surface area contributed by atoms with Gasteiger partial charge in [-0.15, -0.1) is 0 Å². The van der Waals surface area contributed by atoms with Crippen molar-refractivity contribution in [3.63, 3.8) is 0 Å². The Hall–Kier alpha value is -1.56. The number of methoxy groups -OCH3 is 1. The maximum Gasteiger partial charge on any atom is 0.292 e. The molecule has 1 rings (SSSR count). The van der Waals surface area contributed by atoms with Gasteiger partial charge < -0.3 is 15.8 Å². The normalized spacial score (nSPS) is 10.5. The van der Waals surface area contributed by atoms with Crippen LogP contribution in [0.1, 0.15) is 6.92 Å². The molecule has 1 aromatic heterocycles. The second kappa shape index (κ2) is 9.65. The van der Waals surface area contributed by atoms with Crippen LogP contribution >= 0.6 is 15.9 Å². The molecule has 5 nitrogen and oxygen atoms in total. The maximum absolute atomic E-state index is 8.95. The molecule has 0 aliphatic rings. The van der Waals surface area contributed by atoms with E-state index >= 15 is 0 Å². The summed E-state index contributed by atoms with van der Waals surface area (Å²) in [5, 5.41) is 3.83. The number of nitrogens with zero attached hydrogens (tertiary/aromatic N) is 1. The van der Waals surface area contributed by atoms with Crippen LogP contribution < -0.4 is 11.1 Å².